The molecule has 14 atom stereocenters. The van der Waals surface area contributed by atoms with Crippen LogP contribution >= 0.6 is 0 Å². The molecule has 1 saturated heterocycles. The summed E-state index contributed by atoms with van der Waals surface area (Å²) in [6.45, 7) is 16.3. The number of ether oxygens (including phenoxy) is 2. The number of hydrogen-bond acceptors (Lipinski definition) is 5. The van der Waals surface area contributed by atoms with Crippen LogP contribution in [0.5, 0.6) is 0 Å². The Morgan fingerprint density at radius 1 is 0.923 bits per heavy atom. The van der Waals surface area contributed by atoms with Gasteiger partial charge in [-0.25, -0.2) is 0 Å². The maximum absolute atomic E-state index is 10.5. The molecule has 0 aromatic carbocycles. The van der Waals surface area contributed by atoms with Crippen LogP contribution in [0.2, 0.25) is 0 Å². The third-order valence-electron chi connectivity index (χ3n) is 12.7. The molecule has 3 saturated carbocycles. The lowest BCUT2D eigenvalue weighted by Crippen LogP contribution is -2.58. The van der Waals surface area contributed by atoms with Gasteiger partial charge in [-0.15, -0.1) is 0 Å². The van der Waals surface area contributed by atoms with Gasteiger partial charge in [0.05, 0.1) is 12.2 Å². The second kappa shape index (κ2) is 11.2. The highest BCUT2D eigenvalue weighted by molar-refractivity contribution is 5.25. The second-order valence-corrected chi connectivity index (χ2v) is 15.0. The molecule has 5 nitrogen and oxygen atoms in total. The van der Waals surface area contributed by atoms with Gasteiger partial charge < -0.3 is 24.8 Å². The molecule has 0 amide bonds. The minimum atomic E-state index is -1.24. The Labute approximate surface area is 237 Å². The molecule has 5 rings (SSSR count). The molecule has 0 aromatic rings. The quantitative estimate of drug-likeness (QED) is 0.344. The zero-order valence-electron chi connectivity index (χ0n) is 25.6. The van der Waals surface area contributed by atoms with Crippen molar-refractivity contribution in [2.45, 2.75) is 137 Å². The molecule has 5 heteroatoms. The van der Waals surface area contributed by atoms with E-state index in [1.807, 2.05) is 0 Å². The molecule has 5 aliphatic rings. The molecule has 4 aliphatic carbocycles. The van der Waals surface area contributed by atoms with E-state index in [1.54, 1.807) is 6.92 Å². The van der Waals surface area contributed by atoms with Crippen molar-refractivity contribution in [1.82, 2.24) is 0 Å². The van der Waals surface area contributed by atoms with Crippen LogP contribution in [0.3, 0.4) is 0 Å². The first-order valence-electron chi connectivity index (χ1n) is 16.1. The van der Waals surface area contributed by atoms with Crippen molar-refractivity contribution in [3.05, 3.63) is 23.8 Å². The molecule has 39 heavy (non-hydrogen) atoms. The van der Waals surface area contributed by atoms with Crippen LogP contribution in [0.4, 0.5) is 0 Å². The van der Waals surface area contributed by atoms with E-state index >= 15 is 0 Å². The van der Waals surface area contributed by atoms with Gasteiger partial charge in [-0.3, -0.25) is 0 Å². The van der Waals surface area contributed by atoms with Crippen molar-refractivity contribution >= 4 is 0 Å². The van der Waals surface area contributed by atoms with Crippen LogP contribution in [0.15, 0.2) is 23.8 Å². The molecule has 4 fully saturated rings. The van der Waals surface area contributed by atoms with Crippen molar-refractivity contribution in [3.8, 4) is 0 Å². The molecule has 1 heterocycles. The third kappa shape index (κ3) is 5.22. The zero-order valence-corrected chi connectivity index (χ0v) is 25.6. The van der Waals surface area contributed by atoms with E-state index in [-0.39, 0.29) is 11.5 Å². The van der Waals surface area contributed by atoms with Crippen LogP contribution < -0.4 is 0 Å². The molecule has 1 aliphatic heterocycles. The highest BCUT2D eigenvalue weighted by atomic mass is 16.7. The van der Waals surface area contributed by atoms with Crippen molar-refractivity contribution in [1.29, 1.82) is 0 Å². The first kappa shape index (κ1) is 29.8. The smallest absolute Gasteiger partial charge is 0.186 e. The van der Waals surface area contributed by atoms with Gasteiger partial charge in [0, 0.05) is 0 Å². The lowest BCUT2D eigenvalue weighted by atomic mass is 9.47. The Hall–Kier alpha value is -0.720. The Bertz CT molecular complexity index is 929. The normalized spacial score (nSPS) is 49.8. The molecule has 0 aromatic heterocycles. The summed E-state index contributed by atoms with van der Waals surface area (Å²) in [4.78, 5) is 0. The summed E-state index contributed by atoms with van der Waals surface area (Å²) in [5.41, 5.74) is 2.22. The number of hydrogen-bond donors (Lipinski definition) is 3. The van der Waals surface area contributed by atoms with Crippen LogP contribution in [-0.4, -0.2) is 52.1 Å². The van der Waals surface area contributed by atoms with Gasteiger partial charge in [-0.2, -0.15) is 0 Å². The SMILES string of the molecule is CC(C)[C@@H](C)/C=C/[C@@H](C)[C@H]1CC[C@H]2[C@@H]3CC=C4C[C@@H](O[C@@H]5O[C@@H](C)[C@H](O)[C@@H](O)[C@H]5O)CC[C@]4(C)[C@H]3CC[C@]12C. The lowest BCUT2D eigenvalue weighted by Gasteiger charge is -2.58. The van der Waals surface area contributed by atoms with Crippen LogP contribution in [0.1, 0.15) is 99.8 Å². The average molecular weight is 545 g/mol. The summed E-state index contributed by atoms with van der Waals surface area (Å²) in [7, 11) is 0. The van der Waals surface area contributed by atoms with Gasteiger partial charge in [0.2, 0.25) is 0 Å². The predicted octanol–water partition coefficient (Wildman–Crippen LogP) is 6.26. The third-order valence-corrected chi connectivity index (χ3v) is 12.7. The Morgan fingerprint density at radius 3 is 2.38 bits per heavy atom. The maximum Gasteiger partial charge on any atom is 0.186 e. The summed E-state index contributed by atoms with van der Waals surface area (Å²) in [6, 6.07) is 0. The maximum atomic E-state index is 10.5. The molecule has 0 bridgehead atoms. The first-order valence-corrected chi connectivity index (χ1v) is 16.1. The monoisotopic (exact) mass is 544 g/mol. The number of fused-ring (bicyclic) bond motifs is 5. The van der Waals surface area contributed by atoms with Gasteiger partial charge >= 0.3 is 0 Å². The van der Waals surface area contributed by atoms with E-state index in [0.717, 1.165) is 42.9 Å². The molecule has 3 N–H and O–H groups in total. The van der Waals surface area contributed by atoms with E-state index in [1.165, 1.54) is 37.7 Å². The van der Waals surface area contributed by atoms with E-state index in [0.29, 0.717) is 23.2 Å². The summed E-state index contributed by atoms with van der Waals surface area (Å²) in [6.07, 6.45) is 12.1. The van der Waals surface area contributed by atoms with Crippen LogP contribution in [-0.2, 0) is 9.47 Å². The van der Waals surface area contributed by atoms with Gasteiger partial charge in [-0.05, 0) is 111 Å². The molecule has 222 valence electrons. The summed E-state index contributed by atoms with van der Waals surface area (Å²) >= 11 is 0. The first-order chi connectivity index (χ1) is 18.4. The van der Waals surface area contributed by atoms with Crippen molar-refractivity contribution < 1.29 is 24.8 Å². The number of aliphatic hydroxyl groups excluding tert-OH is 3. The Kier molecular flexibility index (Phi) is 8.52. The van der Waals surface area contributed by atoms with Crippen molar-refractivity contribution in [2.24, 2.45) is 52.3 Å². The number of allylic oxidation sites excluding steroid dienone is 3. The number of rotatable bonds is 6. The van der Waals surface area contributed by atoms with Crippen LogP contribution in [0.25, 0.3) is 0 Å². The van der Waals surface area contributed by atoms with E-state index in [4.69, 9.17) is 9.47 Å². The van der Waals surface area contributed by atoms with Crippen molar-refractivity contribution in [2.75, 3.05) is 0 Å². The van der Waals surface area contributed by atoms with Gasteiger partial charge in [0.25, 0.3) is 0 Å². The second-order valence-electron chi connectivity index (χ2n) is 15.0. The fraction of sp³-hybridized carbons (Fsp3) is 0.882. The highest BCUT2D eigenvalue weighted by Crippen LogP contribution is 2.67. The predicted molar refractivity (Wildman–Crippen MR) is 155 cm³/mol. The van der Waals surface area contributed by atoms with Crippen LogP contribution in [0, 0.1) is 52.3 Å². The highest BCUT2D eigenvalue weighted by Gasteiger charge is 2.59. The molecular formula is C34H56O5. The minimum Gasteiger partial charge on any atom is -0.388 e. The standard InChI is InChI=1S/C34H56O5/c1-19(2)20(3)8-9-21(4)26-12-13-27-25-11-10-23-18-24(39-32-31(37)30(36)29(35)22(5)38-32)14-16-33(23,6)28(25)15-17-34(26,27)7/h8-10,19-22,24-32,35-37H,11-18H2,1-7H3/b9-8+/t20-,21+,22-,24-,25-,26+,27-,28-,29-,30+,31+,32-,33-,34+/m0/s1. The van der Waals surface area contributed by atoms with E-state index < -0.39 is 30.7 Å². The summed E-state index contributed by atoms with van der Waals surface area (Å²) in [5, 5.41) is 30.7. The topological polar surface area (TPSA) is 79.2 Å². The van der Waals surface area contributed by atoms with Gasteiger partial charge in [0.15, 0.2) is 6.29 Å². The fourth-order valence-electron chi connectivity index (χ4n) is 9.67. The van der Waals surface area contributed by atoms with Gasteiger partial charge in [0.1, 0.15) is 18.3 Å². The fourth-order valence-corrected chi connectivity index (χ4v) is 9.67. The van der Waals surface area contributed by atoms with Crippen molar-refractivity contribution in [3.63, 3.8) is 0 Å². The summed E-state index contributed by atoms with van der Waals surface area (Å²) in [5.74, 6) is 5.13. The molecular weight excluding hydrogens is 488 g/mol. The number of aliphatic hydroxyl groups is 3. The average Bonchev–Trinajstić information content (AvgIpc) is 3.26. The zero-order chi connectivity index (χ0) is 28.3. The minimum absolute atomic E-state index is 0.0271. The Balaban J connectivity index is 1.26. The molecule has 0 unspecified atom stereocenters. The lowest BCUT2D eigenvalue weighted by molar-refractivity contribution is -0.305. The van der Waals surface area contributed by atoms with Gasteiger partial charge in [-0.1, -0.05) is 65.3 Å². The molecule has 0 radical (unpaired) electrons. The molecule has 0 spiro atoms. The summed E-state index contributed by atoms with van der Waals surface area (Å²) < 4.78 is 12.0. The Morgan fingerprint density at radius 2 is 1.67 bits per heavy atom. The van der Waals surface area contributed by atoms with E-state index in [2.05, 4.69) is 59.8 Å². The largest absolute Gasteiger partial charge is 0.388 e. The van der Waals surface area contributed by atoms with E-state index in [9.17, 15) is 15.3 Å².